The van der Waals surface area contributed by atoms with Crippen molar-refractivity contribution >= 4 is 22.6 Å². The Labute approximate surface area is 225 Å². The highest BCUT2D eigenvalue weighted by molar-refractivity contribution is 5.96. The largest absolute Gasteiger partial charge is 0.490 e. The number of hydrogen-bond acceptors (Lipinski definition) is 7. The smallest absolute Gasteiger partial charge is 0.279 e. The van der Waals surface area contributed by atoms with Crippen LogP contribution in [0.5, 0.6) is 17.2 Å². The Balaban J connectivity index is 2.02. The number of carbonyl (C=O) groups is 1. The molecule has 0 N–H and O–H groups in total. The third-order valence-electron chi connectivity index (χ3n) is 6.04. The molecule has 4 aromatic rings. The summed E-state index contributed by atoms with van der Waals surface area (Å²) in [6.45, 7) is 10.8. The van der Waals surface area contributed by atoms with E-state index in [-0.39, 0.29) is 27.6 Å². The second-order valence-corrected chi connectivity index (χ2v) is 8.70. The number of carbonyl (C=O) groups excluding carboxylic acids is 1. The van der Waals surface area contributed by atoms with Gasteiger partial charge in [0.2, 0.25) is 5.75 Å². The van der Waals surface area contributed by atoms with Crippen LogP contribution in [0.15, 0.2) is 46.3 Å². The summed E-state index contributed by atoms with van der Waals surface area (Å²) >= 11 is 0. The van der Waals surface area contributed by atoms with Crippen LogP contribution in [0, 0.1) is 18.3 Å². The topological polar surface area (TPSA) is 120 Å². The number of amides is 1. The highest BCUT2D eigenvalue weighted by Gasteiger charge is 2.20. The molecule has 202 valence electrons. The zero-order valence-corrected chi connectivity index (χ0v) is 22.8. The first-order valence-corrected chi connectivity index (χ1v) is 13.0. The van der Waals surface area contributed by atoms with E-state index in [9.17, 15) is 14.9 Å². The van der Waals surface area contributed by atoms with Crippen LogP contribution < -0.4 is 25.3 Å². The Hall–Kier alpha value is -4.65. The summed E-state index contributed by atoms with van der Waals surface area (Å²) in [5.41, 5.74) is 1.81. The number of ether oxygens (including phenoxy) is 3. The predicted octanol–water partition coefficient (Wildman–Crippen LogP) is 4.18. The Morgan fingerprint density at radius 3 is 2.28 bits per heavy atom. The third-order valence-corrected chi connectivity index (χ3v) is 6.04. The Kier molecular flexibility index (Phi) is 8.30. The minimum atomic E-state index is -0.602. The summed E-state index contributed by atoms with van der Waals surface area (Å²) in [7, 11) is 0. The number of nitriles is 1. The molecule has 10 heteroatoms. The van der Waals surface area contributed by atoms with Crippen LogP contribution in [-0.2, 0) is 6.54 Å². The van der Waals surface area contributed by atoms with Gasteiger partial charge in [0.25, 0.3) is 11.5 Å². The first kappa shape index (κ1) is 27.4. The second kappa shape index (κ2) is 11.8. The van der Waals surface area contributed by atoms with E-state index in [0.717, 1.165) is 5.56 Å². The van der Waals surface area contributed by atoms with Crippen LogP contribution in [0.25, 0.3) is 16.7 Å². The zero-order chi connectivity index (χ0) is 28.1. The first-order valence-electron chi connectivity index (χ1n) is 13.0. The van der Waals surface area contributed by atoms with Crippen molar-refractivity contribution in [2.24, 2.45) is 4.99 Å². The molecule has 0 saturated carbocycles. The fraction of sp³-hybridized carbons (Fsp3) is 0.345. The molecule has 39 heavy (non-hydrogen) atoms. The van der Waals surface area contributed by atoms with Crippen LogP contribution in [0.1, 0.15) is 55.6 Å². The van der Waals surface area contributed by atoms with Crippen LogP contribution >= 0.6 is 0 Å². The standard InChI is InChI=1S/C29H31N5O5/c1-6-12-33-26(20(17-30)14-21-27(33)31-25-18(5)11-10-13-34(25)29(21)36)32-28(35)19-15-22(37-7-2)24(39-9-4)23(16-19)38-8-3/h10-11,13-16H,6-9,12H2,1-5H3. The molecule has 0 spiro atoms. The van der Waals surface area contributed by atoms with Gasteiger partial charge in [-0.2, -0.15) is 10.3 Å². The molecule has 0 bridgehead atoms. The second-order valence-electron chi connectivity index (χ2n) is 8.70. The SMILES string of the molecule is CCCn1c(=NC(=O)c2cc(OCC)c(OCC)c(OCC)c2)c(C#N)cc2c(=O)n3cccc(C)c3nc21. The van der Waals surface area contributed by atoms with Crippen molar-refractivity contribution < 1.29 is 19.0 Å². The van der Waals surface area contributed by atoms with Gasteiger partial charge in [-0.05, 0) is 63.9 Å². The van der Waals surface area contributed by atoms with E-state index in [4.69, 9.17) is 19.2 Å². The normalized spacial score (nSPS) is 11.5. The van der Waals surface area contributed by atoms with Crippen LogP contribution in [0.3, 0.4) is 0 Å². The van der Waals surface area contributed by atoms with Crippen molar-refractivity contribution in [1.29, 1.82) is 5.26 Å². The monoisotopic (exact) mass is 529 g/mol. The van der Waals surface area contributed by atoms with Crippen molar-refractivity contribution in [2.45, 2.75) is 47.6 Å². The Morgan fingerprint density at radius 2 is 1.69 bits per heavy atom. The molecule has 10 nitrogen and oxygen atoms in total. The highest BCUT2D eigenvalue weighted by Crippen LogP contribution is 2.39. The lowest BCUT2D eigenvalue weighted by Gasteiger charge is -2.16. The molecule has 1 aromatic carbocycles. The number of pyridine rings is 2. The van der Waals surface area contributed by atoms with Gasteiger partial charge in [-0.15, -0.1) is 0 Å². The van der Waals surface area contributed by atoms with E-state index in [1.807, 2.05) is 40.7 Å². The van der Waals surface area contributed by atoms with Crippen molar-refractivity contribution in [3.63, 3.8) is 0 Å². The number of aromatic nitrogens is 3. The molecule has 0 aliphatic carbocycles. The molecule has 3 heterocycles. The fourth-order valence-corrected chi connectivity index (χ4v) is 4.40. The molecule has 0 aliphatic heterocycles. The minimum Gasteiger partial charge on any atom is -0.490 e. The Morgan fingerprint density at radius 1 is 1.03 bits per heavy atom. The van der Waals surface area contributed by atoms with E-state index >= 15 is 0 Å². The van der Waals surface area contributed by atoms with Gasteiger partial charge in [-0.3, -0.25) is 14.0 Å². The van der Waals surface area contributed by atoms with Gasteiger partial charge >= 0.3 is 0 Å². The number of rotatable bonds is 9. The average Bonchev–Trinajstić information content (AvgIpc) is 2.92. The van der Waals surface area contributed by atoms with Crippen molar-refractivity contribution in [1.82, 2.24) is 14.0 Å². The van der Waals surface area contributed by atoms with Gasteiger partial charge in [0.15, 0.2) is 17.0 Å². The van der Waals surface area contributed by atoms with E-state index in [1.165, 1.54) is 10.5 Å². The van der Waals surface area contributed by atoms with E-state index in [2.05, 4.69) is 11.1 Å². The number of benzene rings is 1. The van der Waals surface area contributed by atoms with Crippen molar-refractivity contribution in [2.75, 3.05) is 19.8 Å². The van der Waals surface area contributed by atoms with Gasteiger partial charge < -0.3 is 18.8 Å². The highest BCUT2D eigenvalue weighted by atomic mass is 16.5. The van der Waals surface area contributed by atoms with E-state index < -0.39 is 5.91 Å². The van der Waals surface area contributed by atoms with Gasteiger partial charge in [-0.25, -0.2) is 4.98 Å². The minimum absolute atomic E-state index is 0.0943. The lowest BCUT2D eigenvalue weighted by molar-refractivity contribution is 0.0996. The molecule has 0 aliphatic rings. The third kappa shape index (κ3) is 5.21. The summed E-state index contributed by atoms with van der Waals surface area (Å²) in [5.74, 6) is 0.533. The van der Waals surface area contributed by atoms with Gasteiger partial charge in [0.05, 0.1) is 30.8 Å². The van der Waals surface area contributed by atoms with Crippen LogP contribution in [-0.4, -0.2) is 39.7 Å². The van der Waals surface area contributed by atoms with E-state index in [1.54, 1.807) is 29.0 Å². The maximum atomic E-state index is 13.6. The molecule has 0 radical (unpaired) electrons. The van der Waals surface area contributed by atoms with Gasteiger partial charge in [-0.1, -0.05) is 13.0 Å². The predicted molar refractivity (Wildman–Crippen MR) is 147 cm³/mol. The van der Waals surface area contributed by atoms with Crippen LogP contribution in [0.2, 0.25) is 0 Å². The van der Waals surface area contributed by atoms with Gasteiger partial charge in [0, 0.05) is 18.3 Å². The van der Waals surface area contributed by atoms with Crippen molar-refractivity contribution in [3.05, 3.63) is 69.1 Å². The summed E-state index contributed by atoms with van der Waals surface area (Å²) < 4.78 is 20.4. The fourth-order valence-electron chi connectivity index (χ4n) is 4.40. The maximum Gasteiger partial charge on any atom is 0.279 e. The zero-order valence-electron chi connectivity index (χ0n) is 22.8. The summed E-state index contributed by atoms with van der Waals surface area (Å²) in [6, 6.07) is 10.3. The number of aryl methyl sites for hydroxylation is 2. The number of nitrogens with zero attached hydrogens (tertiary/aromatic N) is 5. The molecule has 0 atom stereocenters. The molecule has 1 amide bonds. The van der Waals surface area contributed by atoms with Gasteiger partial charge in [0.1, 0.15) is 17.4 Å². The average molecular weight is 530 g/mol. The molecule has 4 rings (SSSR count). The lowest BCUT2D eigenvalue weighted by atomic mass is 10.1. The van der Waals surface area contributed by atoms with Crippen LogP contribution in [0.4, 0.5) is 0 Å². The molecular weight excluding hydrogens is 498 g/mol. The summed E-state index contributed by atoms with van der Waals surface area (Å²) in [4.78, 5) is 36.1. The van der Waals surface area contributed by atoms with E-state index in [0.29, 0.717) is 61.3 Å². The number of fused-ring (bicyclic) bond motifs is 2. The molecule has 0 fully saturated rings. The lowest BCUT2D eigenvalue weighted by Crippen LogP contribution is -2.29. The Bertz CT molecular complexity index is 1700. The maximum absolute atomic E-state index is 13.6. The number of hydrogen-bond donors (Lipinski definition) is 0. The summed E-state index contributed by atoms with van der Waals surface area (Å²) in [6.07, 6.45) is 2.30. The molecular formula is C29H31N5O5. The molecule has 0 saturated heterocycles. The summed E-state index contributed by atoms with van der Waals surface area (Å²) in [5, 5.41) is 10.3. The quantitative estimate of drug-likeness (QED) is 0.298. The first-order chi connectivity index (χ1) is 18.9. The van der Waals surface area contributed by atoms with Crippen molar-refractivity contribution in [3.8, 4) is 23.3 Å². The molecule has 3 aromatic heterocycles. The molecule has 0 unspecified atom stereocenters.